The maximum atomic E-state index is 9.33. The molecule has 0 atom stereocenters. The number of pyridine rings is 1. The number of hydrogen-bond donors (Lipinski definition) is 0. The normalized spacial score (nSPS) is 10.5. The van der Waals surface area contributed by atoms with Crippen molar-refractivity contribution in [2.45, 2.75) is 30.4 Å². The summed E-state index contributed by atoms with van der Waals surface area (Å²) in [6.45, 7) is 3.71. The molecule has 3 aromatic rings. The summed E-state index contributed by atoms with van der Waals surface area (Å²) in [5.74, 6) is 1.33. The van der Waals surface area contributed by atoms with E-state index in [1.54, 1.807) is 7.11 Å². The van der Waals surface area contributed by atoms with Gasteiger partial charge in [-0.3, -0.25) is 4.98 Å². The molecule has 0 radical (unpaired) electrons. The highest BCUT2D eigenvalue weighted by Crippen LogP contribution is 2.31. The molecule has 7 heteroatoms. The first-order valence-corrected chi connectivity index (χ1v) is 8.42. The van der Waals surface area contributed by atoms with Crippen molar-refractivity contribution in [2.24, 2.45) is 0 Å². The third-order valence-corrected chi connectivity index (χ3v) is 4.45. The topological polar surface area (TPSA) is 84.8 Å². The van der Waals surface area contributed by atoms with Crippen molar-refractivity contribution < 1.29 is 9.15 Å². The molecule has 126 valence electrons. The summed E-state index contributed by atoms with van der Waals surface area (Å²) in [7, 11) is 1.63. The Hall–Kier alpha value is -2.85. The Morgan fingerprint density at radius 1 is 1.20 bits per heavy atom. The first-order valence-electron chi connectivity index (χ1n) is 7.60. The maximum absolute atomic E-state index is 9.33. The third-order valence-electron chi connectivity index (χ3n) is 3.56. The van der Waals surface area contributed by atoms with E-state index in [1.165, 1.54) is 11.8 Å². The molecule has 0 spiro atoms. The summed E-state index contributed by atoms with van der Waals surface area (Å²) >= 11 is 1.28. The molecule has 0 saturated carbocycles. The molecule has 0 aliphatic carbocycles. The summed E-state index contributed by atoms with van der Waals surface area (Å²) in [6, 6.07) is 11.7. The average Bonchev–Trinajstić information content (AvgIpc) is 3.02. The lowest BCUT2D eigenvalue weighted by Gasteiger charge is -2.04. The smallest absolute Gasteiger partial charge is 0.281 e. The van der Waals surface area contributed by atoms with Crippen LogP contribution in [0.1, 0.15) is 28.4 Å². The zero-order chi connectivity index (χ0) is 17.8. The number of aromatic nitrogens is 3. The van der Waals surface area contributed by atoms with E-state index >= 15 is 0 Å². The third kappa shape index (κ3) is 3.98. The van der Waals surface area contributed by atoms with E-state index in [2.05, 4.69) is 21.3 Å². The van der Waals surface area contributed by atoms with Gasteiger partial charge in [0.15, 0.2) is 0 Å². The van der Waals surface area contributed by atoms with E-state index in [-0.39, 0.29) is 0 Å². The van der Waals surface area contributed by atoms with Gasteiger partial charge in [0.1, 0.15) is 11.8 Å². The Labute approximate surface area is 149 Å². The standard InChI is InChI=1S/C18H16N4O2S/c1-11-8-16(15(10-19)12(2)20-11)25-18-22-21-17(24-18)9-13-4-6-14(23-3)7-5-13/h4-8H,9H2,1-3H3. The van der Waals surface area contributed by atoms with Crippen LogP contribution in [0.4, 0.5) is 0 Å². The minimum absolute atomic E-state index is 0.407. The van der Waals surface area contributed by atoms with Crippen molar-refractivity contribution in [3.05, 3.63) is 58.7 Å². The van der Waals surface area contributed by atoms with Crippen LogP contribution in [0.5, 0.6) is 5.75 Å². The van der Waals surface area contributed by atoms with Crippen LogP contribution in [0.3, 0.4) is 0 Å². The summed E-state index contributed by atoms with van der Waals surface area (Å²) in [5, 5.41) is 17.9. The first-order chi connectivity index (χ1) is 12.1. The molecule has 0 aliphatic heterocycles. The molecule has 0 amide bonds. The molecule has 0 saturated heterocycles. The summed E-state index contributed by atoms with van der Waals surface area (Å²) in [5.41, 5.74) is 3.12. The molecule has 0 unspecified atom stereocenters. The Balaban J connectivity index is 1.77. The Kier molecular flexibility index (Phi) is 5.00. The van der Waals surface area contributed by atoms with Crippen LogP contribution in [-0.2, 0) is 6.42 Å². The highest BCUT2D eigenvalue weighted by atomic mass is 32.2. The minimum Gasteiger partial charge on any atom is -0.497 e. The highest BCUT2D eigenvalue weighted by molar-refractivity contribution is 7.99. The lowest BCUT2D eigenvalue weighted by molar-refractivity contribution is 0.413. The van der Waals surface area contributed by atoms with Crippen LogP contribution in [0.15, 0.2) is 44.9 Å². The maximum Gasteiger partial charge on any atom is 0.281 e. The van der Waals surface area contributed by atoms with E-state index in [1.807, 2.05) is 44.2 Å². The number of nitriles is 1. The monoisotopic (exact) mass is 352 g/mol. The predicted octanol–water partition coefficient (Wildman–Crippen LogP) is 3.70. The molecule has 2 heterocycles. The van der Waals surface area contributed by atoms with E-state index in [0.717, 1.165) is 21.9 Å². The zero-order valence-corrected chi connectivity index (χ0v) is 14.9. The number of methoxy groups -OCH3 is 1. The number of benzene rings is 1. The van der Waals surface area contributed by atoms with Crippen LogP contribution in [0, 0.1) is 25.2 Å². The second kappa shape index (κ2) is 7.36. The van der Waals surface area contributed by atoms with Crippen molar-refractivity contribution in [1.82, 2.24) is 15.2 Å². The molecule has 0 fully saturated rings. The average molecular weight is 352 g/mol. The van der Waals surface area contributed by atoms with Gasteiger partial charge in [-0.2, -0.15) is 5.26 Å². The van der Waals surface area contributed by atoms with Gasteiger partial charge in [-0.25, -0.2) is 0 Å². The van der Waals surface area contributed by atoms with E-state index in [0.29, 0.717) is 28.8 Å². The van der Waals surface area contributed by atoms with Gasteiger partial charge in [-0.05, 0) is 49.4 Å². The molecular formula is C18H16N4O2S. The van der Waals surface area contributed by atoms with Gasteiger partial charge in [-0.15, -0.1) is 10.2 Å². The quantitative estimate of drug-likeness (QED) is 0.692. The van der Waals surface area contributed by atoms with Gasteiger partial charge in [0.2, 0.25) is 5.89 Å². The number of rotatable bonds is 5. The molecule has 6 nitrogen and oxygen atoms in total. The Bertz CT molecular complexity index is 929. The van der Waals surface area contributed by atoms with Crippen molar-refractivity contribution >= 4 is 11.8 Å². The zero-order valence-electron chi connectivity index (χ0n) is 14.1. The van der Waals surface area contributed by atoms with Crippen molar-refractivity contribution in [3.63, 3.8) is 0 Å². The van der Waals surface area contributed by atoms with Gasteiger partial charge >= 0.3 is 0 Å². The molecule has 1 aromatic carbocycles. The minimum atomic E-state index is 0.407. The van der Waals surface area contributed by atoms with E-state index in [4.69, 9.17) is 9.15 Å². The van der Waals surface area contributed by atoms with Crippen LogP contribution in [-0.4, -0.2) is 22.3 Å². The summed E-state index contributed by atoms with van der Waals surface area (Å²) in [4.78, 5) is 5.08. The van der Waals surface area contributed by atoms with Crippen molar-refractivity contribution in [3.8, 4) is 11.8 Å². The second-order valence-corrected chi connectivity index (χ2v) is 6.42. The van der Waals surface area contributed by atoms with Gasteiger partial charge in [0, 0.05) is 10.6 Å². The fourth-order valence-electron chi connectivity index (χ4n) is 2.37. The molecule has 0 N–H and O–H groups in total. The lowest BCUT2D eigenvalue weighted by Crippen LogP contribution is -1.94. The van der Waals surface area contributed by atoms with Crippen LogP contribution in [0.2, 0.25) is 0 Å². The predicted molar refractivity (Wildman–Crippen MR) is 92.6 cm³/mol. The molecule has 2 aromatic heterocycles. The largest absolute Gasteiger partial charge is 0.497 e. The van der Waals surface area contributed by atoms with Gasteiger partial charge < -0.3 is 9.15 Å². The number of aryl methyl sites for hydroxylation is 2. The lowest BCUT2D eigenvalue weighted by atomic mass is 10.1. The van der Waals surface area contributed by atoms with Gasteiger partial charge in [0.05, 0.1) is 24.8 Å². The Morgan fingerprint density at radius 3 is 2.64 bits per heavy atom. The summed E-state index contributed by atoms with van der Waals surface area (Å²) in [6.07, 6.45) is 0.539. The first kappa shape index (κ1) is 17.0. The Morgan fingerprint density at radius 2 is 1.96 bits per heavy atom. The molecular weight excluding hydrogens is 336 g/mol. The molecule has 0 bridgehead atoms. The van der Waals surface area contributed by atoms with E-state index in [9.17, 15) is 5.26 Å². The second-order valence-electron chi connectivity index (χ2n) is 5.42. The van der Waals surface area contributed by atoms with E-state index < -0.39 is 0 Å². The molecule has 0 aliphatic rings. The number of ether oxygens (including phenoxy) is 1. The molecule has 25 heavy (non-hydrogen) atoms. The van der Waals surface area contributed by atoms with Gasteiger partial charge in [-0.1, -0.05) is 12.1 Å². The summed E-state index contributed by atoms with van der Waals surface area (Å²) < 4.78 is 10.9. The van der Waals surface area contributed by atoms with Gasteiger partial charge in [0.25, 0.3) is 5.22 Å². The van der Waals surface area contributed by atoms with Crippen molar-refractivity contribution in [1.29, 1.82) is 5.26 Å². The van der Waals surface area contributed by atoms with Crippen LogP contribution in [0.25, 0.3) is 0 Å². The van der Waals surface area contributed by atoms with Crippen LogP contribution >= 0.6 is 11.8 Å². The SMILES string of the molecule is COc1ccc(Cc2nnc(Sc3cc(C)nc(C)c3C#N)o2)cc1. The molecule has 3 rings (SSSR count). The van der Waals surface area contributed by atoms with Crippen molar-refractivity contribution in [2.75, 3.05) is 7.11 Å². The number of hydrogen-bond acceptors (Lipinski definition) is 7. The fourth-order valence-corrected chi connectivity index (χ4v) is 3.30. The highest BCUT2D eigenvalue weighted by Gasteiger charge is 2.14. The number of nitrogens with zero attached hydrogens (tertiary/aromatic N) is 4. The van der Waals surface area contributed by atoms with Crippen LogP contribution < -0.4 is 4.74 Å². The fraction of sp³-hybridized carbons (Fsp3) is 0.222.